The standard InChI is InChI=1S/C18H15N3O/c1-12-4-2-7-16-18(12)14(11-20-16)9-17(22)21-15-6-3-5-13(8-15)10-19/h2-8,11,20H,9H2,1H3,(H,21,22). The number of carbonyl (C=O) groups is 1. The quantitative estimate of drug-likeness (QED) is 0.774. The van der Waals surface area contributed by atoms with E-state index in [0.717, 1.165) is 22.0 Å². The molecule has 0 saturated carbocycles. The van der Waals surface area contributed by atoms with E-state index in [1.807, 2.05) is 31.3 Å². The molecule has 0 atom stereocenters. The summed E-state index contributed by atoms with van der Waals surface area (Å²) in [5.41, 5.74) is 4.32. The summed E-state index contributed by atoms with van der Waals surface area (Å²) >= 11 is 0. The van der Waals surface area contributed by atoms with Gasteiger partial charge in [-0.15, -0.1) is 0 Å². The first kappa shape index (κ1) is 13.9. The lowest BCUT2D eigenvalue weighted by atomic mass is 10.1. The fourth-order valence-corrected chi connectivity index (χ4v) is 2.64. The minimum atomic E-state index is -0.0979. The van der Waals surface area contributed by atoms with E-state index in [1.54, 1.807) is 24.3 Å². The maximum atomic E-state index is 12.2. The van der Waals surface area contributed by atoms with Crippen LogP contribution in [0.2, 0.25) is 0 Å². The molecule has 4 heteroatoms. The Morgan fingerprint density at radius 3 is 2.91 bits per heavy atom. The molecule has 0 radical (unpaired) electrons. The van der Waals surface area contributed by atoms with E-state index in [9.17, 15) is 4.79 Å². The van der Waals surface area contributed by atoms with Crippen molar-refractivity contribution in [2.45, 2.75) is 13.3 Å². The lowest BCUT2D eigenvalue weighted by molar-refractivity contribution is -0.115. The van der Waals surface area contributed by atoms with Crippen LogP contribution in [0.15, 0.2) is 48.7 Å². The normalized spacial score (nSPS) is 10.4. The molecule has 0 aliphatic carbocycles. The zero-order valence-electron chi connectivity index (χ0n) is 12.2. The Hall–Kier alpha value is -3.06. The lowest BCUT2D eigenvalue weighted by Crippen LogP contribution is -2.14. The van der Waals surface area contributed by atoms with Gasteiger partial charge in [-0.2, -0.15) is 5.26 Å². The summed E-state index contributed by atoms with van der Waals surface area (Å²) in [5.74, 6) is -0.0979. The number of aromatic amines is 1. The smallest absolute Gasteiger partial charge is 0.228 e. The zero-order chi connectivity index (χ0) is 15.5. The maximum Gasteiger partial charge on any atom is 0.228 e. The minimum absolute atomic E-state index is 0.0979. The molecule has 108 valence electrons. The molecule has 2 aromatic carbocycles. The predicted octanol–water partition coefficient (Wildman–Crippen LogP) is 3.53. The number of hydrogen-bond acceptors (Lipinski definition) is 2. The fourth-order valence-electron chi connectivity index (χ4n) is 2.64. The van der Waals surface area contributed by atoms with Gasteiger partial charge in [-0.1, -0.05) is 18.2 Å². The number of H-pyrrole nitrogens is 1. The third-order valence-corrected chi connectivity index (χ3v) is 3.62. The van der Waals surface area contributed by atoms with E-state index in [-0.39, 0.29) is 5.91 Å². The van der Waals surface area contributed by atoms with Gasteiger partial charge in [0, 0.05) is 22.8 Å². The third kappa shape index (κ3) is 2.70. The van der Waals surface area contributed by atoms with Gasteiger partial charge in [0.1, 0.15) is 0 Å². The van der Waals surface area contributed by atoms with Crippen LogP contribution in [0.25, 0.3) is 10.9 Å². The number of anilines is 1. The molecule has 1 heterocycles. The van der Waals surface area contributed by atoms with E-state index in [1.165, 1.54) is 0 Å². The van der Waals surface area contributed by atoms with Gasteiger partial charge in [-0.3, -0.25) is 4.79 Å². The fraction of sp³-hybridized carbons (Fsp3) is 0.111. The first-order valence-corrected chi connectivity index (χ1v) is 7.03. The Balaban J connectivity index is 1.80. The van der Waals surface area contributed by atoms with Gasteiger partial charge >= 0.3 is 0 Å². The monoisotopic (exact) mass is 289 g/mol. The van der Waals surface area contributed by atoms with Crippen molar-refractivity contribution in [2.24, 2.45) is 0 Å². The average molecular weight is 289 g/mol. The summed E-state index contributed by atoms with van der Waals surface area (Å²) in [6, 6.07) is 15.0. The number of rotatable bonds is 3. The van der Waals surface area contributed by atoms with Crippen LogP contribution >= 0.6 is 0 Å². The largest absolute Gasteiger partial charge is 0.361 e. The average Bonchev–Trinajstić information content (AvgIpc) is 2.91. The number of hydrogen-bond donors (Lipinski definition) is 2. The SMILES string of the molecule is Cc1cccc2[nH]cc(CC(=O)Nc3cccc(C#N)c3)c12. The second-order valence-electron chi connectivity index (χ2n) is 5.23. The molecule has 0 bridgehead atoms. The number of carbonyl (C=O) groups excluding carboxylic acids is 1. The van der Waals surface area contributed by atoms with Crippen LogP contribution in [-0.2, 0) is 11.2 Å². The molecular weight excluding hydrogens is 274 g/mol. The van der Waals surface area contributed by atoms with Crippen molar-refractivity contribution in [3.8, 4) is 6.07 Å². The Morgan fingerprint density at radius 1 is 1.27 bits per heavy atom. The molecule has 0 spiro atoms. The number of aromatic nitrogens is 1. The molecule has 22 heavy (non-hydrogen) atoms. The molecular formula is C18H15N3O. The van der Waals surface area contributed by atoms with Crippen LogP contribution in [0.1, 0.15) is 16.7 Å². The van der Waals surface area contributed by atoms with E-state index in [0.29, 0.717) is 17.7 Å². The predicted molar refractivity (Wildman–Crippen MR) is 86.5 cm³/mol. The van der Waals surface area contributed by atoms with Crippen molar-refractivity contribution in [1.82, 2.24) is 4.98 Å². The van der Waals surface area contributed by atoms with Gasteiger partial charge in [-0.25, -0.2) is 0 Å². The Labute approximate surface area is 128 Å². The maximum absolute atomic E-state index is 12.2. The topological polar surface area (TPSA) is 68.7 Å². The third-order valence-electron chi connectivity index (χ3n) is 3.62. The number of nitrogens with one attached hydrogen (secondary N) is 2. The summed E-state index contributed by atoms with van der Waals surface area (Å²) in [5, 5.41) is 12.8. The first-order chi connectivity index (χ1) is 10.7. The van der Waals surface area contributed by atoms with E-state index in [4.69, 9.17) is 5.26 Å². The highest BCUT2D eigenvalue weighted by atomic mass is 16.1. The van der Waals surface area contributed by atoms with Crippen molar-refractivity contribution in [3.05, 3.63) is 65.4 Å². The molecule has 0 fully saturated rings. The lowest BCUT2D eigenvalue weighted by Gasteiger charge is -2.06. The highest BCUT2D eigenvalue weighted by Crippen LogP contribution is 2.22. The summed E-state index contributed by atoms with van der Waals surface area (Å²) in [6.07, 6.45) is 2.17. The molecule has 1 aromatic heterocycles. The summed E-state index contributed by atoms with van der Waals surface area (Å²) in [7, 11) is 0. The molecule has 1 amide bonds. The van der Waals surface area contributed by atoms with E-state index >= 15 is 0 Å². The molecule has 4 nitrogen and oxygen atoms in total. The first-order valence-electron chi connectivity index (χ1n) is 7.03. The Kier molecular flexibility index (Phi) is 3.63. The van der Waals surface area contributed by atoms with Crippen LogP contribution in [0, 0.1) is 18.3 Å². The highest BCUT2D eigenvalue weighted by Gasteiger charge is 2.10. The van der Waals surface area contributed by atoms with Crippen LogP contribution in [0.5, 0.6) is 0 Å². The number of nitrogens with zero attached hydrogens (tertiary/aromatic N) is 1. The molecule has 0 unspecified atom stereocenters. The van der Waals surface area contributed by atoms with Gasteiger partial charge in [-0.05, 0) is 42.3 Å². The zero-order valence-corrected chi connectivity index (χ0v) is 12.2. The number of amides is 1. The van der Waals surface area contributed by atoms with Gasteiger partial charge in [0.15, 0.2) is 0 Å². The van der Waals surface area contributed by atoms with Crippen molar-refractivity contribution >= 4 is 22.5 Å². The molecule has 0 aliphatic heterocycles. The molecule has 0 aliphatic rings. The van der Waals surface area contributed by atoms with Crippen molar-refractivity contribution in [1.29, 1.82) is 5.26 Å². The van der Waals surface area contributed by atoms with Gasteiger partial charge in [0.05, 0.1) is 18.1 Å². The highest BCUT2D eigenvalue weighted by molar-refractivity contribution is 5.96. The van der Waals surface area contributed by atoms with Crippen LogP contribution < -0.4 is 5.32 Å². The van der Waals surface area contributed by atoms with Crippen molar-refractivity contribution in [2.75, 3.05) is 5.32 Å². The van der Waals surface area contributed by atoms with Crippen LogP contribution in [-0.4, -0.2) is 10.9 Å². The molecule has 3 aromatic rings. The van der Waals surface area contributed by atoms with Crippen molar-refractivity contribution in [3.63, 3.8) is 0 Å². The Morgan fingerprint density at radius 2 is 2.09 bits per heavy atom. The molecule has 0 saturated heterocycles. The number of benzene rings is 2. The second-order valence-corrected chi connectivity index (χ2v) is 5.23. The molecule has 3 rings (SSSR count). The van der Waals surface area contributed by atoms with E-state index < -0.39 is 0 Å². The van der Waals surface area contributed by atoms with Crippen molar-refractivity contribution < 1.29 is 4.79 Å². The summed E-state index contributed by atoms with van der Waals surface area (Å²) in [6.45, 7) is 2.04. The van der Waals surface area contributed by atoms with E-state index in [2.05, 4.69) is 16.4 Å². The van der Waals surface area contributed by atoms with Gasteiger partial charge in [0.25, 0.3) is 0 Å². The minimum Gasteiger partial charge on any atom is -0.361 e. The summed E-state index contributed by atoms with van der Waals surface area (Å²) in [4.78, 5) is 15.4. The second kappa shape index (κ2) is 5.74. The number of aryl methyl sites for hydroxylation is 1. The number of fused-ring (bicyclic) bond motifs is 1. The van der Waals surface area contributed by atoms with Gasteiger partial charge < -0.3 is 10.3 Å². The summed E-state index contributed by atoms with van der Waals surface area (Å²) < 4.78 is 0. The van der Waals surface area contributed by atoms with Gasteiger partial charge in [0.2, 0.25) is 5.91 Å². The molecule has 2 N–H and O–H groups in total. The number of nitriles is 1. The van der Waals surface area contributed by atoms with Crippen LogP contribution in [0.3, 0.4) is 0 Å². The Bertz CT molecular complexity index is 887. The van der Waals surface area contributed by atoms with Crippen LogP contribution in [0.4, 0.5) is 5.69 Å².